The van der Waals surface area contributed by atoms with Gasteiger partial charge in [0.15, 0.2) is 5.96 Å². The molecule has 0 spiro atoms. The van der Waals surface area contributed by atoms with Gasteiger partial charge in [-0.05, 0) is 44.9 Å². The number of aliphatic imine (C=N–C) groups is 1. The maximum atomic E-state index is 11.7. The van der Waals surface area contributed by atoms with Crippen LogP contribution in [0.4, 0.5) is 5.69 Å². The topological polar surface area (TPSA) is 60.0 Å². The van der Waals surface area contributed by atoms with Gasteiger partial charge in [-0.15, -0.1) is 24.0 Å². The van der Waals surface area contributed by atoms with Crippen LogP contribution >= 0.6 is 24.0 Å². The van der Waals surface area contributed by atoms with Crippen molar-refractivity contribution in [3.05, 3.63) is 29.3 Å². The fourth-order valence-corrected chi connectivity index (χ4v) is 3.06. The van der Waals surface area contributed by atoms with E-state index in [-0.39, 0.29) is 36.4 Å². The summed E-state index contributed by atoms with van der Waals surface area (Å²) in [5.41, 5.74) is 4.01. The molecule has 2 N–H and O–H groups in total. The van der Waals surface area contributed by atoms with Crippen LogP contribution in [0.3, 0.4) is 0 Å². The molecule has 1 amide bonds. The Bertz CT molecular complexity index is 612. The van der Waals surface area contributed by atoms with Crippen LogP contribution in [-0.2, 0) is 4.79 Å². The highest BCUT2D eigenvalue weighted by Crippen LogP contribution is 2.23. The van der Waals surface area contributed by atoms with Crippen LogP contribution in [-0.4, -0.2) is 62.6 Å². The molecule has 7 heteroatoms. The molecule has 0 aromatic heterocycles. The zero-order chi connectivity index (χ0) is 18.2. The highest BCUT2D eigenvalue weighted by atomic mass is 127. The van der Waals surface area contributed by atoms with Crippen molar-refractivity contribution in [1.82, 2.24) is 15.5 Å². The summed E-state index contributed by atoms with van der Waals surface area (Å²) < 4.78 is 0. The van der Waals surface area contributed by atoms with Crippen LogP contribution in [0.25, 0.3) is 0 Å². The lowest BCUT2D eigenvalue weighted by Gasteiger charge is -2.38. The number of likely N-dealkylation sites (N-methyl/N-ethyl adjacent to an activating group) is 1. The zero-order valence-electron chi connectivity index (χ0n) is 16.3. The monoisotopic (exact) mass is 473 g/mol. The Balaban J connectivity index is 0.00000338. The highest BCUT2D eigenvalue weighted by Gasteiger charge is 2.21. The molecule has 1 saturated heterocycles. The number of aryl methyl sites for hydroxylation is 1. The Morgan fingerprint density at radius 3 is 2.35 bits per heavy atom. The third-order valence-corrected chi connectivity index (χ3v) is 4.58. The fraction of sp³-hybridized carbons (Fsp3) is 0.579. The quantitative estimate of drug-likeness (QED) is 0.391. The first-order valence-corrected chi connectivity index (χ1v) is 9.17. The summed E-state index contributed by atoms with van der Waals surface area (Å²) in [6.45, 7) is 13.6. The van der Waals surface area contributed by atoms with Gasteiger partial charge in [0.1, 0.15) is 6.54 Å². The number of carbonyl (C=O) groups excluding carboxylic acids is 1. The summed E-state index contributed by atoms with van der Waals surface area (Å²) in [6.07, 6.45) is 0. The molecule has 26 heavy (non-hydrogen) atoms. The Morgan fingerprint density at radius 1 is 1.08 bits per heavy atom. The summed E-state index contributed by atoms with van der Waals surface area (Å²) in [5.74, 6) is 0.793. The third-order valence-electron chi connectivity index (χ3n) is 4.58. The summed E-state index contributed by atoms with van der Waals surface area (Å²) in [4.78, 5) is 20.8. The number of hydrogen-bond acceptors (Lipinski definition) is 3. The number of nitrogens with zero attached hydrogens (tertiary/aromatic N) is 3. The second-order valence-corrected chi connectivity index (χ2v) is 6.32. The summed E-state index contributed by atoms with van der Waals surface area (Å²) in [7, 11) is 0. The third kappa shape index (κ3) is 6.03. The number of anilines is 1. The van der Waals surface area contributed by atoms with Crippen LogP contribution in [0.1, 0.15) is 25.0 Å². The van der Waals surface area contributed by atoms with E-state index < -0.39 is 0 Å². The van der Waals surface area contributed by atoms with E-state index in [4.69, 9.17) is 0 Å². The average Bonchev–Trinajstić information content (AvgIpc) is 2.61. The normalized spacial score (nSPS) is 14.7. The smallest absolute Gasteiger partial charge is 0.241 e. The predicted octanol–water partition coefficient (Wildman–Crippen LogP) is 2.15. The highest BCUT2D eigenvalue weighted by molar-refractivity contribution is 14.0. The van der Waals surface area contributed by atoms with Crippen molar-refractivity contribution < 1.29 is 4.79 Å². The van der Waals surface area contributed by atoms with E-state index in [2.05, 4.69) is 57.5 Å². The number of amides is 1. The molecular formula is C19H32IN5O. The van der Waals surface area contributed by atoms with Gasteiger partial charge in [-0.3, -0.25) is 4.79 Å². The molecule has 0 radical (unpaired) electrons. The standard InChI is InChI=1S/C19H31N5O.HI/c1-5-20-18(25)14-22-19(21-6-2)24-12-10-23(11-13-24)17-9-7-8-15(3)16(17)4;/h7-9H,5-6,10-14H2,1-4H3,(H,20,25)(H,21,22);1H. The lowest BCUT2D eigenvalue weighted by Crippen LogP contribution is -2.53. The number of carbonyl (C=O) groups is 1. The van der Waals surface area contributed by atoms with Gasteiger partial charge in [0.05, 0.1) is 0 Å². The van der Waals surface area contributed by atoms with Gasteiger partial charge < -0.3 is 20.4 Å². The number of hydrogen-bond donors (Lipinski definition) is 2. The van der Waals surface area contributed by atoms with E-state index in [9.17, 15) is 4.79 Å². The SMILES string of the molecule is CCNC(=O)CN=C(NCC)N1CCN(c2cccc(C)c2C)CC1.I. The molecule has 0 unspecified atom stereocenters. The van der Waals surface area contributed by atoms with Crippen molar-refractivity contribution in [1.29, 1.82) is 0 Å². The van der Waals surface area contributed by atoms with Crippen molar-refractivity contribution in [2.24, 2.45) is 4.99 Å². The van der Waals surface area contributed by atoms with Gasteiger partial charge in [-0.1, -0.05) is 12.1 Å². The van der Waals surface area contributed by atoms with Crippen LogP contribution in [0.2, 0.25) is 0 Å². The molecule has 1 fully saturated rings. The first-order chi connectivity index (χ1) is 12.1. The largest absolute Gasteiger partial charge is 0.368 e. The summed E-state index contributed by atoms with van der Waals surface area (Å²) in [6, 6.07) is 6.49. The Labute approximate surface area is 174 Å². The molecule has 0 aliphatic carbocycles. The number of nitrogens with one attached hydrogen (secondary N) is 2. The predicted molar refractivity (Wildman–Crippen MR) is 120 cm³/mol. The minimum absolute atomic E-state index is 0. The molecular weight excluding hydrogens is 441 g/mol. The lowest BCUT2D eigenvalue weighted by atomic mass is 10.1. The molecule has 146 valence electrons. The van der Waals surface area contributed by atoms with E-state index in [0.717, 1.165) is 38.7 Å². The van der Waals surface area contributed by atoms with Gasteiger partial charge in [-0.2, -0.15) is 0 Å². The van der Waals surface area contributed by atoms with E-state index in [1.807, 2.05) is 13.8 Å². The molecule has 1 heterocycles. The van der Waals surface area contributed by atoms with Crippen LogP contribution in [0.15, 0.2) is 23.2 Å². The molecule has 1 aromatic carbocycles. The molecule has 1 aliphatic heterocycles. The van der Waals surface area contributed by atoms with Gasteiger partial charge in [-0.25, -0.2) is 4.99 Å². The van der Waals surface area contributed by atoms with Gasteiger partial charge in [0.25, 0.3) is 0 Å². The number of rotatable bonds is 5. The minimum Gasteiger partial charge on any atom is -0.368 e. The molecule has 6 nitrogen and oxygen atoms in total. The molecule has 0 atom stereocenters. The molecule has 1 aromatic rings. The lowest BCUT2D eigenvalue weighted by molar-refractivity contribution is -0.119. The average molecular weight is 473 g/mol. The number of benzene rings is 1. The molecule has 1 aliphatic rings. The van der Waals surface area contributed by atoms with Crippen molar-refractivity contribution in [2.75, 3.05) is 50.7 Å². The fourth-order valence-electron chi connectivity index (χ4n) is 3.06. The zero-order valence-corrected chi connectivity index (χ0v) is 18.7. The van der Waals surface area contributed by atoms with Crippen LogP contribution < -0.4 is 15.5 Å². The van der Waals surface area contributed by atoms with Crippen molar-refractivity contribution in [3.8, 4) is 0 Å². The molecule has 0 saturated carbocycles. The van der Waals surface area contributed by atoms with Gasteiger partial charge in [0, 0.05) is 45.0 Å². The second-order valence-electron chi connectivity index (χ2n) is 6.32. The Morgan fingerprint density at radius 2 is 1.73 bits per heavy atom. The van der Waals surface area contributed by atoms with Gasteiger partial charge >= 0.3 is 0 Å². The van der Waals surface area contributed by atoms with Crippen molar-refractivity contribution >= 4 is 41.5 Å². The van der Waals surface area contributed by atoms with Crippen LogP contribution in [0.5, 0.6) is 0 Å². The number of piperazine rings is 1. The maximum Gasteiger partial charge on any atom is 0.241 e. The van der Waals surface area contributed by atoms with E-state index >= 15 is 0 Å². The van der Waals surface area contributed by atoms with E-state index in [1.165, 1.54) is 16.8 Å². The Hall–Kier alpha value is -1.51. The summed E-state index contributed by atoms with van der Waals surface area (Å²) in [5, 5.41) is 6.09. The van der Waals surface area contributed by atoms with Gasteiger partial charge in [0.2, 0.25) is 5.91 Å². The second kappa shape index (κ2) is 11.3. The minimum atomic E-state index is -0.0353. The Kier molecular flexibility index (Phi) is 9.75. The van der Waals surface area contributed by atoms with E-state index in [1.54, 1.807) is 0 Å². The first-order valence-electron chi connectivity index (χ1n) is 9.17. The van der Waals surface area contributed by atoms with Crippen LogP contribution in [0, 0.1) is 13.8 Å². The molecule has 0 bridgehead atoms. The van der Waals surface area contributed by atoms with Crippen molar-refractivity contribution in [2.45, 2.75) is 27.7 Å². The van der Waals surface area contributed by atoms with E-state index in [0.29, 0.717) is 6.54 Å². The maximum absolute atomic E-state index is 11.7. The first kappa shape index (κ1) is 22.5. The van der Waals surface area contributed by atoms with Crippen molar-refractivity contribution in [3.63, 3.8) is 0 Å². The number of guanidine groups is 1. The summed E-state index contributed by atoms with van der Waals surface area (Å²) >= 11 is 0. The molecule has 2 rings (SSSR count). The number of halogens is 1.